The summed E-state index contributed by atoms with van der Waals surface area (Å²) in [6.45, 7) is 3.31. The van der Waals surface area contributed by atoms with Gasteiger partial charge in [0.1, 0.15) is 5.54 Å². The van der Waals surface area contributed by atoms with Crippen LogP contribution in [0.15, 0.2) is 18.2 Å². The molecule has 0 aliphatic carbocycles. The van der Waals surface area contributed by atoms with Crippen molar-refractivity contribution in [1.29, 1.82) is 0 Å². The summed E-state index contributed by atoms with van der Waals surface area (Å²) in [5.74, 6) is -2.02. The zero-order chi connectivity index (χ0) is 15.6. The van der Waals surface area contributed by atoms with E-state index in [-0.39, 0.29) is 12.4 Å². The van der Waals surface area contributed by atoms with Crippen LogP contribution in [-0.4, -0.2) is 40.6 Å². The Hall–Kier alpha value is -2.11. The molecule has 1 aromatic rings. The van der Waals surface area contributed by atoms with E-state index in [1.807, 2.05) is 0 Å². The Labute approximate surface area is 122 Å². The van der Waals surface area contributed by atoms with Crippen LogP contribution in [0.4, 0.5) is 4.39 Å². The number of likely N-dealkylation sites (tertiary alicyclic amines) is 1. The van der Waals surface area contributed by atoms with E-state index < -0.39 is 23.2 Å². The maximum absolute atomic E-state index is 13.5. The average molecular weight is 295 g/mol. The molecule has 1 aromatic carbocycles. The summed E-state index contributed by atoms with van der Waals surface area (Å²) in [4.78, 5) is 24.8. The maximum Gasteiger partial charge on any atom is 0.329 e. The molecular weight excluding hydrogens is 277 g/mol. The zero-order valence-electron chi connectivity index (χ0n) is 12.1. The molecule has 2 rings (SSSR count). The molecule has 1 unspecified atom stereocenters. The molecule has 0 saturated carbocycles. The number of ether oxygens (including phenoxy) is 1. The van der Waals surface area contributed by atoms with Crippen molar-refractivity contribution >= 4 is 11.9 Å². The highest BCUT2D eigenvalue weighted by Crippen LogP contribution is 2.29. The molecule has 1 fully saturated rings. The summed E-state index contributed by atoms with van der Waals surface area (Å²) in [5, 5.41) is 9.26. The van der Waals surface area contributed by atoms with Gasteiger partial charge in [0.2, 0.25) is 0 Å². The van der Waals surface area contributed by atoms with Crippen LogP contribution >= 0.6 is 0 Å². The molecule has 21 heavy (non-hydrogen) atoms. The molecule has 1 amide bonds. The van der Waals surface area contributed by atoms with Crippen LogP contribution in [0.5, 0.6) is 5.75 Å². The molecule has 1 saturated heterocycles. The lowest BCUT2D eigenvalue weighted by Crippen LogP contribution is -2.52. The highest BCUT2D eigenvalue weighted by molar-refractivity contribution is 5.88. The van der Waals surface area contributed by atoms with Gasteiger partial charge in [-0.05, 0) is 44.4 Å². The van der Waals surface area contributed by atoms with Crippen molar-refractivity contribution in [2.75, 3.05) is 13.2 Å². The fourth-order valence-electron chi connectivity index (χ4n) is 2.52. The summed E-state index contributed by atoms with van der Waals surface area (Å²) >= 11 is 0. The number of benzene rings is 1. The van der Waals surface area contributed by atoms with Crippen LogP contribution in [0.25, 0.3) is 0 Å². The molecule has 1 aliphatic heterocycles. The number of amides is 1. The van der Waals surface area contributed by atoms with Gasteiger partial charge >= 0.3 is 5.97 Å². The van der Waals surface area contributed by atoms with Crippen molar-refractivity contribution in [1.82, 2.24) is 4.90 Å². The first-order valence-corrected chi connectivity index (χ1v) is 6.77. The highest BCUT2D eigenvalue weighted by atomic mass is 19.1. The number of hydrogen-bond acceptors (Lipinski definition) is 3. The Kier molecular flexibility index (Phi) is 4.16. The van der Waals surface area contributed by atoms with Crippen molar-refractivity contribution in [2.24, 2.45) is 0 Å². The fourth-order valence-corrected chi connectivity index (χ4v) is 2.52. The Morgan fingerprint density at radius 2 is 2.19 bits per heavy atom. The van der Waals surface area contributed by atoms with Gasteiger partial charge in [-0.2, -0.15) is 0 Å². The van der Waals surface area contributed by atoms with Gasteiger partial charge in [0.15, 0.2) is 18.2 Å². The van der Waals surface area contributed by atoms with Crippen LogP contribution in [0.3, 0.4) is 0 Å². The summed E-state index contributed by atoms with van der Waals surface area (Å²) in [6, 6.07) is 4.38. The molecule has 1 atom stereocenters. The van der Waals surface area contributed by atoms with E-state index in [1.165, 1.54) is 24.0 Å². The Morgan fingerprint density at radius 1 is 1.48 bits per heavy atom. The third-order valence-electron chi connectivity index (χ3n) is 3.84. The molecular formula is C15H18FNO4. The van der Waals surface area contributed by atoms with Gasteiger partial charge in [-0.15, -0.1) is 0 Å². The number of carbonyl (C=O) groups excluding carboxylic acids is 1. The molecule has 1 aliphatic rings. The number of nitrogens with zero attached hydrogens (tertiary/aromatic N) is 1. The van der Waals surface area contributed by atoms with E-state index in [0.29, 0.717) is 19.4 Å². The number of rotatable bonds is 4. The second kappa shape index (κ2) is 5.71. The van der Waals surface area contributed by atoms with Crippen molar-refractivity contribution < 1.29 is 23.8 Å². The topological polar surface area (TPSA) is 66.8 Å². The summed E-state index contributed by atoms with van der Waals surface area (Å²) in [6.07, 6.45) is 1.04. The fraction of sp³-hybridized carbons (Fsp3) is 0.467. The maximum atomic E-state index is 13.5. The van der Waals surface area contributed by atoms with E-state index in [0.717, 1.165) is 5.56 Å². The largest absolute Gasteiger partial charge is 0.481 e. The van der Waals surface area contributed by atoms with Gasteiger partial charge in [0, 0.05) is 6.54 Å². The summed E-state index contributed by atoms with van der Waals surface area (Å²) in [5.41, 5.74) is -0.388. The predicted octanol–water partition coefficient (Wildman–Crippen LogP) is 1.98. The minimum absolute atomic E-state index is 0.000394. The van der Waals surface area contributed by atoms with E-state index in [4.69, 9.17) is 4.74 Å². The van der Waals surface area contributed by atoms with E-state index in [1.54, 1.807) is 13.0 Å². The van der Waals surface area contributed by atoms with Crippen molar-refractivity contribution in [2.45, 2.75) is 32.2 Å². The van der Waals surface area contributed by atoms with Gasteiger partial charge < -0.3 is 14.7 Å². The van der Waals surface area contributed by atoms with Crippen LogP contribution < -0.4 is 4.74 Å². The zero-order valence-corrected chi connectivity index (χ0v) is 12.1. The lowest BCUT2D eigenvalue weighted by molar-refractivity contribution is -0.156. The molecule has 6 heteroatoms. The van der Waals surface area contributed by atoms with Crippen LogP contribution in [0.1, 0.15) is 25.3 Å². The molecule has 1 N–H and O–H groups in total. The van der Waals surface area contributed by atoms with Crippen molar-refractivity contribution in [3.8, 4) is 5.75 Å². The first kappa shape index (κ1) is 15.3. The SMILES string of the molecule is Cc1ccc(F)c(OCC(=O)N2CCCC2(C)C(=O)O)c1. The van der Waals surface area contributed by atoms with Gasteiger partial charge in [-0.25, -0.2) is 9.18 Å². The highest BCUT2D eigenvalue weighted by Gasteiger charge is 2.45. The number of aliphatic carboxylic acids is 1. The standard InChI is InChI=1S/C15H18FNO4/c1-10-4-5-11(16)12(8-10)21-9-13(18)17-7-3-6-15(17,2)14(19)20/h4-5,8H,3,6-7,9H2,1-2H3,(H,19,20). The Balaban J connectivity index is 2.05. The van der Waals surface area contributed by atoms with Crippen LogP contribution in [0.2, 0.25) is 0 Å². The minimum Gasteiger partial charge on any atom is -0.481 e. The lowest BCUT2D eigenvalue weighted by Gasteiger charge is -2.31. The van der Waals surface area contributed by atoms with E-state index in [9.17, 15) is 19.1 Å². The molecule has 0 aromatic heterocycles. The van der Waals surface area contributed by atoms with Crippen LogP contribution in [-0.2, 0) is 9.59 Å². The average Bonchev–Trinajstić information content (AvgIpc) is 2.83. The Bertz CT molecular complexity index is 575. The molecule has 114 valence electrons. The summed E-state index contributed by atoms with van der Waals surface area (Å²) < 4.78 is 18.7. The van der Waals surface area contributed by atoms with Crippen molar-refractivity contribution in [3.63, 3.8) is 0 Å². The molecule has 0 bridgehead atoms. The third-order valence-corrected chi connectivity index (χ3v) is 3.84. The summed E-state index contributed by atoms with van der Waals surface area (Å²) in [7, 11) is 0. The van der Waals surface area contributed by atoms with Crippen LogP contribution in [0, 0.1) is 12.7 Å². The van der Waals surface area contributed by atoms with Gasteiger partial charge in [0.25, 0.3) is 5.91 Å². The molecule has 0 spiro atoms. The van der Waals surface area contributed by atoms with Crippen molar-refractivity contribution in [3.05, 3.63) is 29.6 Å². The predicted molar refractivity (Wildman–Crippen MR) is 73.6 cm³/mol. The third kappa shape index (κ3) is 2.99. The Morgan fingerprint density at radius 3 is 2.86 bits per heavy atom. The first-order valence-electron chi connectivity index (χ1n) is 6.77. The number of aryl methyl sites for hydroxylation is 1. The number of carbonyl (C=O) groups is 2. The monoisotopic (exact) mass is 295 g/mol. The van der Waals surface area contributed by atoms with Gasteiger partial charge in [-0.1, -0.05) is 6.07 Å². The van der Waals surface area contributed by atoms with Gasteiger partial charge in [-0.3, -0.25) is 4.79 Å². The number of halogens is 1. The second-order valence-corrected chi connectivity index (χ2v) is 5.45. The van der Waals surface area contributed by atoms with E-state index >= 15 is 0 Å². The number of hydrogen-bond donors (Lipinski definition) is 1. The first-order chi connectivity index (χ1) is 9.84. The normalized spacial score (nSPS) is 21.4. The minimum atomic E-state index is -1.20. The number of carboxylic acids is 1. The molecule has 5 nitrogen and oxygen atoms in total. The van der Waals surface area contributed by atoms with E-state index in [2.05, 4.69) is 0 Å². The quantitative estimate of drug-likeness (QED) is 0.922. The second-order valence-electron chi connectivity index (χ2n) is 5.45. The van der Waals surface area contributed by atoms with Gasteiger partial charge in [0.05, 0.1) is 0 Å². The smallest absolute Gasteiger partial charge is 0.329 e. The molecule has 0 radical (unpaired) electrons. The number of carboxylic acid groups (broad SMARTS) is 1. The molecule has 1 heterocycles. The lowest BCUT2D eigenvalue weighted by atomic mass is 9.99.